The summed E-state index contributed by atoms with van der Waals surface area (Å²) in [7, 11) is 0. The maximum absolute atomic E-state index is 9.97. The first kappa shape index (κ1) is 14.4. The summed E-state index contributed by atoms with van der Waals surface area (Å²) in [4.78, 5) is 0. The Morgan fingerprint density at radius 1 is 1.24 bits per heavy atom. The Hall–Kier alpha value is -0.670. The molecule has 0 fully saturated rings. The molecule has 0 aliphatic heterocycles. The standard InChI is InChI=1S/C14H22O2S/c1-11(2)16-13-8-6-12(7-9-13)14(15)5-4-10-17-3/h6-9,11,14-15H,4-5,10H2,1-3H3. The molecule has 0 aliphatic rings. The van der Waals surface area contributed by atoms with Gasteiger partial charge in [0.05, 0.1) is 12.2 Å². The molecule has 0 saturated carbocycles. The van der Waals surface area contributed by atoms with E-state index in [0.717, 1.165) is 29.9 Å². The van der Waals surface area contributed by atoms with Crippen LogP contribution in [0.25, 0.3) is 0 Å². The second kappa shape index (κ2) is 7.62. The summed E-state index contributed by atoms with van der Waals surface area (Å²) in [5, 5.41) is 9.97. The number of ether oxygens (including phenoxy) is 1. The van der Waals surface area contributed by atoms with Crippen LogP contribution in [0, 0.1) is 0 Å². The highest BCUT2D eigenvalue weighted by Gasteiger charge is 2.07. The highest BCUT2D eigenvalue weighted by atomic mass is 32.2. The zero-order valence-corrected chi connectivity index (χ0v) is 11.7. The van der Waals surface area contributed by atoms with Crippen molar-refractivity contribution in [1.29, 1.82) is 0 Å². The average molecular weight is 254 g/mol. The Morgan fingerprint density at radius 2 is 1.88 bits per heavy atom. The summed E-state index contributed by atoms with van der Waals surface area (Å²) in [6.07, 6.45) is 3.80. The predicted octanol–water partition coefficient (Wildman–Crippen LogP) is 3.65. The van der Waals surface area contributed by atoms with Crippen LogP contribution < -0.4 is 4.74 Å². The fourth-order valence-electron chi connectivity index (χ4n) is 1.63. The Morgan fingerprint density at radius 3 is 2.41 bits per heavy atom. The number of hydrogen-bond acceptors (Lipinski definition) is 3. The van der Waals surface area contributed by atoms with Crippen molar-refractivity contribution in [3.05, 3.63) is 29.8 Å². The molecule has 0 saturated heterocycles. The number of thioether (sulfide) groups is 1. The molecule has 1 rings (SSSR count). The van der Waals surface area contributed by atoms with Crippen molar-refractivity contribution in [2.24, 2.45) is 0 Å². The largest absolute Gasteiger partial charge is 0.491 e. The predicted molar refractivity (Wildman–Crippen MR) is 74.8 cm³/mol. The fourth-order valence-corrected chi connectivity index (χ4v) is 2.08. The van der Waals surface area contributed by atoms with Gasteiger partial charge in [0.1, 0.15) is 5.75 Å². The van der Waals surface area contributed by atoms with Crippen LogP contribution in [0.2, 0.25) is 0 Å². The van der Waals surface area contributed by atoms with Crippen LogP contribution in [0.3, 0.4) is 0 Å². The van der Waals surface area contributed by atoms with Gasteiger partial charge in [0.25, 0.3) is 0 Å². The van der Waals surface area contributed by atoms with Crippen molar-refractivity contribution >= 4 is 11.8 Å². The Bertz CT molecular complexity index is 309. The van der Waals surface area contributed by atoms with Gasteiger partial charge in [-0.3, -0.25) is 0 Å². The molecule has 96 valence electrons. The second-order valence-corrected chi connectivity index (χ2v) is 5.37. The number of benzene rings is 1. The topological polar surface area (TPSA) is 29.5 Å². The van der Waals surface area contributed by atoms with Gasteiger partial charge < -0.3 is 9.84 Å². The van der Waals surface area contributed by atoms with Gasteiger partial charge in [-0.25, -0.2) is 0 Å². The van der Waals surface area contributed by atoms with Crippen molar-refractivity contribution < 1.29 is 9.84 Å². The lowest BCUT2D eigenvalue weighted by atomic mass is 10.1. The molecule has 0 amide bonds. The Balaban J connectivity index is 2.48. The molecule has 1 aromatic carbocycles. The van der Waals surface area contributed by atoms with Crippen LogP contribution >= 0.6 is 11.8 Å². The summed E-state index contributed by atoms with van der Waals surface area (Å²) in [5.41, 5.74) is 0.974. The van der Waals surface area contributed by atoms with Crippen LogP contribution in [0.5, 0.6) is 5.75 Å². The molecule has 1 N–H and O–H groups in total. The van der Waals surface area contributed by atoms with E-state index in [1.165, 1.54) is 0 Å². The highest BCUT2D eigenvalue weighted by Crippen LogP contribution is 2.22. The van der Waals surface area contributed by atoms with E-state index < -0.39 is 0 Å². The van der Waals surface area contributed by atoms with Gasteiger partial charge in [-0.1, -0.05) is 12.1 Å². The van der Waals surface area contributed by atoms with E-state index in [1.54, 1.807) is 0 Å². The van der Waals surface area contributed by atoms with Gasteiger partial charge in [0, 0.05) is 0 Å². The molecular weight excluding hydrogens is 232 g/mol. The van der Waals surface area contributed by atoms with E-state index in [-0.39, 0.29) is 12.2 Å². The molecule has 2 nitrogen and oxygen atoms in total. The number of aliphatic hydroxyl groups is 1. The minimum atomic E-state index is -0.352. The summed E-state index contributed by atoms with van der Waals surface area (Å²) < 4.78 is 5.56. The van der Waals surface area contributed by atoms with Gasteiger partial charge in [0.15, 0.2) is 0 Å². The van der Waals surface area contributed by atoms with Gasteiger partial charge in [0.2, 0.25) is 0 Å². The van der Waals surface area contributed by atoms with Crippen molar-refractivity contribution in [2.45, 2.75) is 38.9 Å². The third-order valence-corrected chi connectivity index (χ3v) is 3.16. The summed E-state index contributed by atoms with van der Waals surface area (Å²) in [5.74, 6) is 1.96. The lowest BCUT2D eigenvalue weighted by Crippen LogP contribution is -2.05. The lowest BCUT2D eigenvalue weighted by molar-refractivity contribution is 0.166. The summed E-state index contributed by atoms with van der Waals surface area (Å²) >= 11 is 1.82. The van der Waals surface area contributed by atoms with Crippen LogP contribution in [0.4, 0.5) is 0 Å². The first-order valence-electron chi connectivity index (χ1n) is 6.07. The van der Waals surface area contributed by atoms with Gasteiger partial charge in [-0.05, 0) is 56.4 Å². The zero-order valence-electron chi connectivity index (χ0n) is 10.8. The van der Waals surface area contributed by atoms with Crippen molar-refractivity contribution in [2.75, 3.05) is 12.0 Å². The maximum atomic E-state index is 9.97. The van der Waals surface area contributed by atoms with Gasteiger partial charge in [-0.2, -0.15) is 11.8 Å². The Kier molecular flexibility index (Phi) is 6.45. The first-order chi connectivity index (χ1) is 8.13. The van der Waals surface area contributed by atoms with Crippen molar-refractivity contribution in [3.8, 4) is 5.75 Å². The second-order valence-electron chi connectivity index (χ2n) is 4.39. The lowest BCUT2D eigenvalue weighted by Gasteiger charge is -2.13. The first-order valence-corrected chi connectivity index (χ1v) is 7.46. The number of rotatable bonds is 7. The molecule has 1 aromatic rings. The highest BCUT2D eigenvalue weighted by molar-refractivity contribution is 7.98. The SMILES string of the molecule is CSCCCC(O)c1ccc(OC(C)C)cc1. The third kappa shape index (κ3) is 5.46. The molecule has 1 atom stereocenters. The Labute approximate surface area is 108 Å². The van der Waals surface area contributed by atoms with E-state index in [4.69, 9.17) is 4.74 Å². The summed E-state index contributed by atoms with van der Waals surface area (Å²) in [6, 6.07) is 7.74. The van der Waals surface area contributed by atoms with Crippen LogP contribution in [-0.4, -0.2) is 23.2 Å². The van der Waals surface area contributed by atoms with Crippen molar-refractivity contribution in [1.82, 2.24) is 0 Å². The molecule has 3 heteroatoms. The molecule has 0 heterocycles. The molecule has 0 spiro atoms. The summed E-state index contributed by atoms with van der Waals surface area (Å²) in [6.45, 7) is 4.01. The molecule has 17 heavy (non-hydrogen) atoms. The van der Waals surface area contributed by atoms with Crippen molar-refractivity contribution in [3.63, 3.8) is 0 Å². The third-order valence-electron chi connectivity index (χ3n) is 2.46. The minimum Gasteiger partial charge on any atom is -0.491 e. The minimum absolute atomic E-state index is 0.187. The van der Waals surface area contributed by atoms with Gasteiger partial charge >= 0.3 is 0 Å². The molecule has 0 radical (unpaired) electrons. The van der Waals surface area contributed by atoms with E-state index in [1.807, 2.05) is 49.9 Å². The van der Waals surface area contributed by atoms with Crippen LogP contribution in [0.15, 0.2) is 24.3 Å². The molecular formula is C14H22O2S. The maximum Gasteiger partial charge on any atom is 0.119 e. The molecule has 0 bridgehead atoms. The quantitative estimate of drug-likeness (QED) is 0.753. The van der Waals surface area contributed by atoms with Crippen LogP contribution in [-0.2, 0) is 0 Å². The van der Waals surface area contributed by atoms with E-state index in [0.29, 0.717) is 0 Å². The molecule has 0 aliphatic carbocycles. The smallest absolute Gasteiger partial charge is 0.119 e. The fraction of sp³-hybridized carbons (Fsp3) is 0.571. The zero-order chi connectivity index (χ0) is 12.7. The van der Waals surface area contributed by atoms with E-state index in [2.05, 4.69) is 6.26 Å². The monoisotopic (exact) mass is 254 g/mol. The average Bonchev–Trinajstić information content (AvgIpc) is 2.29. The normalized spacial score (nSPS) is 12.8. The molecule has 0 aromatic heterocycles. The van der Waals surface area contributed by atoms with E-state index in [9.17, 15) is 5.11 Å². The molecule has 1 unspecified atom stereocenters. The number of aliphatic hydroxyl groups excluding tert-OH is 1. The van der Waals surface area contributed by atoms with E-state index >= 15 is 0 Å². The number of hydrogen-bond donors (Lipinski definition) is 1. The van der Waals surface area contributed by atoms with Gasteiger partial charge in [-0.15, -0.1) is 0 Å². The van der Waals surface area contributed by atoms with Crippen LogP contribution in [0.1, 0.15) is 38.4 Å².